The second-order valence-electron chi connectivity index (χ2n) is 2.98. The molecule has 0 aliphatic rings. The molecule has 0 aliphatic carbocycles. The van der Waals surface area contributed by atoms with Crippen LogP contribution in [0.5, 0.6) is 0 Å². The van der Waals surface area contributed by atoms with E-state index in [-0.39, 0.29) is 0 Å². The molecule has 0 radical (unpaired) electrons. The topological polar surface area (TPSA) is 25.8 Å². The van der Waals surface area contributed by atoms with Gasteiger partial charge < -0.3 is 0 Å². The number of halogens is 1. The van der Waals surface area contributed by atoms with Gasteiger partial charge in [-0.05, 0) is 45.8 Å². The van der Waals surface area contributed by atoms with E-state index < -0.39 is 0 Å². The molecule has 0 atom stereocenters. The quantitative estimate of drug-likeness (QED) is 0.765. The van der Waals surface area contributed by atoms with Gasteiger partial charge in [-0.15, -0.1) is 0 Å². The van der Waals surface area contributed by atoms with Gasteiger partial charge in [0.2, 0.25) is 0 Å². The second-order valence-corrected chi connectivity index (χ2v) is 3.80. The summed E-state index contributed by atoms with van der Waals surface area (Å²) in [5.41, 5.74) is 2.29. The van der Waals surface area contributed by atoms with E-state index >= 15 is 0 Å². The minimum Gasteiger partial charge on any atom is -0.265 e. The highest BCUT2D eigenvalue weighted by molar-refractivity contribution is 9.10. The molecule has 0 unspecified atom stereocenters. The van der Waals surface area contributed by atoms with Crippen molar-refractivity contribution < 1.29 is 0 Å². The number of rotatable bonds is 2. The molecule has 0 aliphatic heterocycles. The van der Waals surface area contributed by atoms with Crippen LogP contribution in [0.1, 0.15) is 11.3 Å². The van der Waals surface area contributed by atoms with Gasteiger partial charge in [-0.2, -0.15) is 0 Å². The van der Waals surface area contributed by atoms with E-state index in [0.717, 1.165) is 16.7 Å². The van der Waals surface area contributed by atoms with Gasteiger partial charge in [0, 0.05) is 24.5 Å². The average Bonchev–Trinajstić information content (AvgIpc) is 2.19. The van der Waals surface area contributed by atoms with Crippen LogP contribution in [0.25, 0.3) is 0 Å². The number of aromatic nitrogens is 2. The van der Waals surface area contributed by atoms with Crippen LogP contribution >= 0.6 is 15.9 Å². The van der Waals surface area contributed by atoms with E-state index in [2.05, 4.69) is 25.9 Å². The average molecular weight is 249 g/mol. The van der Waals surface area contributed by atoms with E-state index in [4.69, 9.17) is 0 Å². The summed E-state index contributed by atoms with van der Waals surface area (Å²) >= 11 is 3.35. The fraction of sp³-hybridized carbons (Fsp3) is 0.0909. The van der Waals surface area contributed by atoms with Crippen LogP contribution in [0.3, 0.4) is 0 Å². The zero-order valence-electron chi connectivity index (χ0n) is 7.52. The predicted octanol–water partition coefficient (Wildman–Crippen LogP) is 2.83. The van der Waals surface area contributed by atoms with Gasteiger partial charge in [-0.25, -0.2) is 4.98 Å². The SMILES string of the molecule is Brc1cccc(Cc2ccncc2)n1. The maximum Gasteiger partial charge on any atom is 0.106 e. The Balaban J connectivity index is 2.19. The Morgan fingerprint density at radius 3 is 2.57 bits per heavy atom. The van der Waals surface area contributed by atoms with Crippen molar-refractivity contribution in [1.82, 2.24) is 9.97 Å². The minimum atomic E-state index is 0.849. The fourth-order valence-corrected chi connectivity index (χ4v) is 1.64. The van der Waals surface area contributed by atoms with Crippen molar-refractivity contribution in [2.75, 3.05) is 0 Å². The normalized spacial score (nSPS) is 10.1. The number of pyridine rings is 2. The summed E-state index contributed by atoms with van der Waals surface area (Å²) in [7, 11) is 0. The molecule has 2 aromatic rings. The number of nitrogens with zero attached hydrogens (tertiary/aromatic N) is 2. The maximum absolute atomic E-state index is 4.36. The Bertz CT molecular complexity index is 415. The molecule has 0 spiro atoms. The Hall–Kier alpha value is -1.22. The van der Waals surface area contributed by atoms with E-state index in [9.17, 15) is 0 Å². The third-order valence-corrected chi connectivity index (χ3v) is 2.35. The van der Waals surface area contributed by atoms with E-state index in [1.807, 2.05) is 30.3 Å². The molecule has 70 valence electrons. The van der Waals surface area contributed by atoms with Gasteiger partial charge in [0.05, 0.1) is 0 Å². The molecule has 0 bridgehead atoms. The molecule has 0 N–H and O–H groups in total. The summed E-state index contributed by atoms with van der Waals surface area (Å²) in [6.45, 7) is 0. The summed E-state index contributed by atoms with van der Waals surface area (Å²) < 4.78 is 0.879. The lowest BCUT2D eigenvalue weighted by atomic mass is 10.1. The standard InChI is InChI=1S/C11H9BrN2/c12-11-3-1-2-10(14-11)8-9-4-6-13-7-5-9/h1-7H,8H2. The third kappa shape index (κ3) is 2.39. The molecule has 0 saturated carbocycles. The first-order chi connectivity index (χ1) is 6.84. The molecular formula is C11H9BrN2. The summed E-state index contributed by atoms with van der Waals surface area (Å²) in [4.78, 5) is 8.34. The Morgan fingerprint density at radius 2 is 1.86 bits per heavy atom. The first kappa shape index (κ1) is 9.34. The lowest BCUT2D eigenvalue weighted by Gasteiger charge is -2.00. The second kappa shape index (κ2) is 4.33. The Morgan fingerprint density at radius 1 is 1.07 bits per heavy atom. The Kier molecular flexibility index (Phi) is 2.89. The predicted molar refractivity (Wildman–Crippen MR) is 59.0 cm³/mol. The summed E-state index contributed by atoms with van der Waals surface area (Å²) in [6.07, 6.45) is 4.45. The molecule has 0 aromatic carbocycles. The van der Waals surface area contributed by atoms with Gasteiger partial charge in [0.1, 0.15) is 4.60 Å². The molecule has 2 rings (SSSR count). The van der Waals surface area contributed by atoms with Gasteiger partial charge in [0.15, 0.2) is 0 Å². The fourth-order valence-electron chi connectivity index (χ4n) is 1.26. The van der Waals surface area contributed by atoms with Crippen molar-refractivity contribution in [3.8, 4) is 0 Å². The smallest absolute Gasteiger partial charge is 0.106 e. The zero-order valence-corrected chi connectivity index (χ0v) is 9.11. The largest absolute Gasteiger partial charge is 0.265 e. The molecule has 14 heavy (non-hydrogen) atoms. The molecule has 2 heterocycles. The molecular weight excluding hydrogens is 240 g/mol. The molecule has 0 saturated heterocycles. The summed E-state index contributed by atoms with van der Waals surface area (Å²) in [6, 6.07) is 9.94. The van der Waals surface area contributed by atoms with Crippen LogP contribution in [0.15, 0.2) is 47.3 Å². The monoisotopic (exact) mass is 248 g/mol. The van der Waals surface area contributed by atoms with Gasteiger partial charge >= 0.3 is 0 Å². The van der Waals surface area contributed by atoms with Crippen LogP contribution in [0.4, 0.5) is 0 Å². The highest BCUT2D eigenvalue weighted by Gasteiger charge is 1.97. The van der Waals surface area contributed by atoms with Gasteiger partial charge in [0.25, 0.3) is 0 Å². The number of hydrogen-bond donors (Lipinski definition) is 0. The molecule has 3 heteroatoms. The van der Waals surface area contributed by atoms with Gasteiger partial charge in [-0.3, -0.25) is 4.98 Å². The van der Waals surface area contributed by atoms with Crippen LogP contribution in [0, 0.1) is 0 Å². The van der Waals surface area contributed by atoms with Crippen molar-refractivity contribution in [3.63, 3.8) is 0 Å². The van der Waals surface area contributed by atoms with E-state index in [0.29, 0.717) is 0 Å². The maximum atomic E-state index is 4.36. The van der Waals surface area contributed by atoms with Crippen molar-refractivity contribution in [1.29, 1.82) is 0 Å². The molecule has 0 fully saturated rings. The highest BCUT2D eigenvalue weighted by Crippen LogP contribution is 2.10. The minimum absolute atomic E-state index is 0.849. The van der Waals surface area contributed by atoms with Gasteiger partial charge in [-0.1, -0.05) is 6.07 Å². The molecule has 0 amide bonds. The van der Waals surface area contributed by atoms with Crippen LogP contribution in [-0.4, -0.2) is 9.97 Å². The van der Waals surface area contributed by atoms with Crippen molar-refractivity contribution >= 4 is 15.9 Å². The lowest BCUT2D eigenvalue weighted by molar-refractivity contribution is 1.05. The van der Waals surface area contributed by atoms with E-state index in [1.165, 1.54) is 5.56 Å². The number of hydrogen-bond acceptors (Lipinski definition) is 2. The lowest BCUT2D eigenvalue weighted by Crippen LogP contribution is -1.91. The summed E-state index contributed by atoms with van der Waals surface area (Å²) in [5, 5.41) is 0. The van der Waals surface area contributed by atoms with Crippen molar-refractivity contribution in [3.05, 3.63) is 58.6 Å². The van der Waals surface area contributed by atoms with Crippen molar-refractivity contribution in [2.45, 2.75) is 6.42 Å². The van der Waals surface area contributed by atoms with Crippen LogP contribution in [-0.2, 0) is 6.42 Å². The van der Waals surface area contributed by atoms with Crippen LogP contribution in [0.2, 0.25) is 0 Å². The molecule has 2 aromatic heterocycles. The summed E-state index contributed by atoms with van der Waals surface area (Å²) in [5.74, 6) is 0. The van der Waals surface area contributed by atoms with E-state index in [1.54, 1.807) is 12.4 Å². The first-order valence-corrected chi connectivity index (χ1v) is 5.14. The van der Waals surface area contributed by atoms with Crippen molar-refractivity contribution in [2.24, 2.45) is 0 Å². The molecule has 2 nitrogen and oxygen atoms in total. The zero-order chi connectivity index (χ0) is 9.80. The third-order valence-electron chi connectivity index (χ3n) is 1.91. The first-order valence-electron chi connectivity index (χ1n) is 4.35. The highest BCUT2D eigenvalue weighted by atomic mass is 79.9. The Labute approximate surface area is 91.2 Å². The van der Waals surface area contributed by atoms with Crippen LogP contribution < -0.4 is 0 Å².